The van der Waals surface area contributed by atoms with Crippen molar-refractivity contribution in [2.75, 3.05) is 26.7 Å². The van der Waals surface area contributed by atoms with Gasteiger partial charge >= 0.3 is 6.18 Å². The zero-order valence-corrected chi connectivity index (χ0v) is 12.0. The van der Waals surface area contributed by atoms with Crippen molar-refractivity contribution in [2.24, 2.45) is 0 Å². The van der Waals surface area contributed by atoms with E-state index in [4.69, 9.17) is 0 Å². The van der Waals surface area contributed by atoms with Crippen molar-refractivity contribution in [2.45, 2.75) is 12.7 Å². The summed E-state index contributed by atoms with van der Waals surface area (Å²) in [5, 5.41) is 2.81. The molecule has 0 aliphatic heterocycles. The molecule has 1 N–H and O–H groups in total. The highest BCUT2D eigenvalue weighted by atomic mass is 79.9. The molecule has 0 saturated carbocycles. The van der Waals surface area contributed by atoms with Crippen LogP contribution in [0, 0.1) is 5.82 Å². The average molecular weight is 343 g/mol. The zero-order valence-electron chi connectivity index (χ0n) is 10.4. The fraction of sp³-hybridized carbons (Fsp3) is 0.500. The Morgan fingerprint density at radius 1 is 1.32 bits per heavy atom. The lowest BCUT2D eigenvalue weighted by molar-refractivity contribution is -0.146. The van der Waals surface area contributed by atoms with Crippen molar-refractivity contribution in [3.05, 3.63) is 34.1 Å². The van der Waals surface area contributed by atoms with Gasteiger partial charge in [-0.3, -0.25) is 4.90 Å². The van der Waals surface area contributed by atoms with Crippen LogP contribution in [-0.2, 0) is 6.54 Å². The fourth-order valence-electron chi connectivity index (χ4n) is 1.63. The summed E-state index contributed by atoms with van der Waals surface area (Å²) >= 11 is 3.02. The number of nitrogens with one attached hydrogen (secondary N) is 1. The predicted octanol–water partition coefficient (Wildman–Crippen LogP) is 3.17. The molecule has 0 aliphatic rings. The van der Waals surface area contributed by atoms with E-state index in [1.165, 1.54) is 23.1 Å². The number of hydrogen-bond donors (Lipinski definition) is 1. The Bertz CT molecular complexity index is 409. The van der Waals surface area contributed by atoms with Gasteiger partial charge in [-0.15, -0.1) is 0 Å². The Hall–Kier alpha value is -0.660. The Kier molecular flexibility index (Phi) is 6.22. The second-order valence-electron chi connectivity index (χ2n) is 4.18. The first kappa shape index (κ1) is 16.4. The summed E-state index contributed by atoms with van der Waals surface area (Å²) in [6, 6.07) is 4.23. The predicted molar refractivity (Wildman–Crippen MR) is 69.4 cm³/mol. The SMILES string of the molecule is CNCCN(Cc1ccc(F)c(Br)c1)CC(F)(F)F. The van der Waals surface area contributed by atoms with E-state index in [2.05, 4.69) is 21.2 Å². The maximum Gasteiger partial charge on any atom is 0.401 e. The van der Waals surface area contributed by atoms with Crippen molar-refractivity contribution in [1.82, 2.24) is 10.2 Å². The number of hydrogen-bond acceptors (Lipinski definition) is 2. The van der Waals surface area contributed by atoms with E-state index < -0.39 is 18.5 Å². The third-order valence-electron chi connectivity index (χ3n) is 2.47. The Balaban J connectivity index is 2.72. The number of likely N-dealkylation sites (N-methyl/N-ethyl adjacent to an activating group) is 1. The van der Waals surface area contributed by atoms with E-state index in [0.29, 0.717) is 12.1 Å². The maximum atomic E-state index is 13.1. The van der Waals surface area contributed by atoms with Gasteiger partial charge in [-0.2, -0.15) is 13.2 Å². The van der Waals surface area contributed by atoms with Gasteiger partial charge in [-0.05, 0) is 40.7 Å². The van der Waals surface area contributed by atoms with E-state index in [1.807, 2.05) is 0 Å². The molecular weight excluding hydrogens is 328 g/mol. The van der Waals surface area contributed by atoms with E-state index in [-0.39, 0.29) is 17.6 Å². The summed E-state index contributed by atoms with van der Waals surface area (Å²) in [6.07, 6.45) is -4.25. The first-order valence-corrected chi connectivity index (χ1v) is 6.49. The molecule has 0 unspecified atom stereocenters. The molecule has 0 aliphatic carbocycles. The van der Waals surface area contributed by atoms with Crippen molar-refractivity contribution >= 4 is 15.9 Å². The quantitative estimate of drug-likeness (QED) is 0.799. The highest BCUT2D eigenvalue weighted by molar-refractivity contribution is 9.10. The number of rotatable bonds is 6. The van der Waals surface area contributed by atoms with Crippen LogP contribution in [0.1, 0.15) is 5.56 Å². The summed E-state index contributed by atoms with van der Waals surface area (Å²) in [5.74, 6) is -0.429. The van der Waals surface area contributed by atoms with Crippen molar-refractivity contribution in [1.29, 1.82) is 0 Å². The third-order valence-corrected chi connectivity index (χ3v) is 3.08. The van der Waals surface area contributed by atoms with Gasteiger partial charge in [0.05, 0.1) is 11.0 Å². The lowest BCUT2D eigenvalue weighted by Gasteiger charge is -2.23. The topological polar surface area (TPSA) is 15.3 Å². The first-order chi connectivity index (χ1) is 8.81. The van der Waals surface area contributed by atoms with Crippen LogP contribution in [0.25, 0.3) is 0 Å². The maximum absolute atomic E-state index is 13.1. The van der Waals surface area contributed by atoms with Gasteiger partial charge < -0.3 is 5.32 Å². The Labute approximate surface area is 117 Å². The van der Waals surface area contributed by atoms with Crippen LogP contribution >= 0.6 is 15.9 Å². The van der Waals surface area contributed by atoms with Crippen molar-refractivity contribution in [3.63, 3.8) is 0 Å². The molecule has 1 aromatic rings. The van der Waals surface area contributed by atoms with E-state index in [9.17, 15) is 17.6 Å². The van der Waals surface area contributed by atoms with E-state index in [1.54, 1.807) is 7.05 Å². The molecule has 0 bridgehead atoms. The second-order valence-corrected chi connectivity index (χ2v) is 5.03. The van der Waals surface area contributed by atoms with Crippen molar-refractivity contribution in [3.8, 4) is 0 Å². The van der Waals surface area contributed by atoms with Crippen LogP contribution in [0.15, 0.2) is 22.7 Å². The van der Waals surface area contributed by atoms with Gasteiger partial charge in [0, 0.05) is 19.6 Å². The number of nitrogens with zero attached hydrogens (tertiary/aromatic N) is 1. The van der Waals surface area contributed by atoms with Gasteiger partial charge in [0.25, 0.3) is 0 Å². The highest BCUT2D eigenvalue weighted by Gasteiger charge is 2.30. The zero-order chi connectivity index (χ0) is 14.5. The second kappa shape index (κ2) is 7.21. The number of benzene rings is 1. The summed E-state index contributed by atoms with van der Waals surface area (Å²) < 4.78 is 50.7. The van der Waals surface area contributed by atoms with Gasteiger partial charge in [0.15, 0.2) is 0 Å². The molecule has 0 radical (unpaired) electrons. The van der Waals surface area contributed by atoms with Crippen molar-refractivity contribution < 1.29 is 17.6 Å². The lowest BCUT2D eigenvalue weighted by atomic mass is 10.2. The molecule has 108 valence electrons. The van der Waals surface area contributed by atoms with Gasteiger partial charge in [0.2, 0.25) is 0 Å². The van der Waals surface area contributed by atoms with Gasteiger partial charge in [-0.25, -0.2) is 4.39 Å². The van der Waals surface area contributed by atoms with Crippen LogP contribution in [0.5, 0.6) is 0 Å². The van der Waals surface area contributed by atoms with Crippen LogP contribution in [0.2, 0.25) is 0 Å². The molecule has 0 spiro atoms. The summed E-state index contributed by atoms with van der Waals surface area (Å²) in [4.78, 5) is 1.27. The highest BCUT2D eigenvalue weighted by Crippen LogP contribution is 2.20. The Morgan fingerprint density at radius 2 is 2.00 bits per heavy atom. The molecule has 2 nitrogen and oxygen atoms in total. The standard InChI is InChI=1S/C12H15BrF4N2/c1-18-4-5-19(8-12(15,16)17)7-9-2-3-11(14)10(13)6-9/h2-3,6,18H,4-5,7-8H2,1H3. The van der Waals surface area contributed by atoms with Gasteiger partial charge in [0.1, 0.15) is 5.82 Å². The van der Waals surface area contributed by atoms with Gasteiger partial charge in [-0.1, -0.05) is 6.07 Å². The average Bonchev–Trinajstić information content (AvgIpc) is 2.29. The molecule has 19 heavy (non-hydrogen) atoms. The number of alkyl halides is 3. The molecular formula is C12H15BrF4N2. The first-order valence-electron chi connectivity index (χ1n) is 5.69. The van der Waals surface area contributed by atoms with Crippen LogP contribution in [0.3, 0.4) is 0 Å². The molecule has 1 rings (SSSR count). The van der Waals surface area contributed by atoms with Crippen LogP contribution in [0.4, 0.5) is 17.6 Å². The minimum Gasteiger partial charge on any atom is -0.318 e. The van der Waals surface area contributed by atoms with Crippen LogP contribution < -0.4 is 5.32 Å². The van der Waals surface area contributed by atoms with Crippen LogP contribution in [-0.4, -0.2) is 37.8 Å². The molecule has 0 aromatic heterocycles. The minimum atomic E-state index is -4.25. The molecule has 0 saturated heterocycles. The lowest BCUT2D eigenvalue weighted by Crippen LogP contribution is -2.37. The minimum absolute atomic E-state index is 0.125. The normalized spacial score (nSPS) is 12.2. The molecule has 1 aromatic carbocycles. The summed E-state index contributed by atoms with van der Waals surface area (Å²) in [6.45, 7) is -0.132. The van der Waals surface area contributed by atoms with E-state index in [0.717, 1.165) is 0 Å². The molecule has 0 heterocycles. The molecule has 0 atom stereocenters. The molecule has 7 heteroatoms. The third kappa shape index (κ3) is 6.35. The summed E-state index contributed by atoms with van der Waals surface area (Å²) in [5.41, 5.74) is 0.633. The number of halogens is 5. The summed E-state index contributed by atoms with van der Waals surface area (Å²) in [7, 11) is 1.68. The molecule has 0 fully saturated rings. The smallest absolute Gasteiger partial charge is 0.318 e. The monoisotopic (exact) mass is 342 g/mol. The van der Waals surface area contributed by atoms with E-state index >= 15 is 0 Å². The fourth-order valence-corrected chi connectivity index (χ4v) is 2.06. The largest absolute Gasteiger partial charge is 0.401 e. The molecule has 0 amide bonds. The Morgan fingerprint density at radius 3 is 2.53 bits per heavy atom.